The largest absolute Gasteiger partial charge is 0.461 e. The summed E-state index contributed by atoms with van der Waals surface area (Å²) >= 11 is 0. The number of nitrogens with one attached hydrogen (secondary N) is 1. The molecule has 154 valence electrons. The lowest BCUT2D eigenvalue weighted by Crippen LogP contribution is -2.30. The second-order valence-electron chi connectivity index (χ2n) is 7.15. The van der Waals surface area contributed by atoms with Gasteiger partial charge in [0.15, 0.2) is 0 Å². The normalized spacial score (nSPS) is 10.6. The fourth-order valence-electron chi connectivity index (χ4n) is 3.30. The third-order valence-electron chi connectivity index (χ3n) is 4.88. The molecule has 0 atom stereocenters. The Balaban J connectivity index is 1.43. The van der Waals surface area contributed by atoms with Crippen LogP contribution in [-0.4, -0.2) is 18.4 Å². The standard InChI is InChI=1S/C26H27NO3/c28-24(30-20-21-12-4-1-5-13-21)18-10-11-19-27-26(29)25(22-14-6-2-7-15-22)23-16-8-3-9-17-23/h1-9,12-17,25H,10-11,18-20H2,(H,27,29). The molecule has 1 amide bonds. The molecule has 0 aliphatic rings. The van der Waals surface area contributed by atoms with Crippen LogP contribution in [0.15, 0.2) is 91.0 Å². The van der Waals surface area contributed by atoms with Gasteiger partial charge in [-0.3, -0.25) is 9.59 Å². The average molecular weight is 402 g/mol. The van der Waals surface area contributed by atoms with Gasteiger partial charge in [-0.15, -0.1) is 0 Å². The van der Waals surface area contributed by atoms with Crippen molar-refractivity contribution in [2.45, 2.75) is 31.8 Å². The van der Waals surface area contributed by atoms with E-state index in [4.69, 9.17) is 4.74 Å². The van der Waals surface area contributed by atoms with Crippen LogP contribution in [0.2, 0.25) is 0 Å². The highest BCUT2D eigenvalue weighted by molar-refractivity contribution is 5.87. The number of ether oxygens (including phenoxy) is 1. The summed E-state index contributed by atoms with van der Waals surface area (Å²) in [6.07, 6.45) is 1.75. The van der Waals surface area contributed by atoms with Crippen LogP contribution in [0.1, 0.15) is 41.9 Å². The van der Waals surface area contributed by atoms with Gasteiger partial charge in [0.2, 0.25) is 5.91 Å². The lowest BCUT2D eigenvalue weighted by molar-refractivity contribution is -0.145. The first-order valence-corrected chi connectivity index (χ1v) is 10.3. The Morgan fingerprint density at radius 1 is 0.733 bits per heavy atom. The van der Waals surface area contributed by atoms with Crippen LogP contribution in [0.25, 0.3) is 0 Å². The van der Waals surface area contributed by atoms with E-state index in [1.165, 1.54) is 0 Å². The van der Waals surface area contributed by atoms with Gasteiger partial charge in [-0.2, -0.15) is 0 Å². The smallest absolute Gasteiger partial charge is 0.306 e. The summed E-state index contributed by atoms with van der Waals surface area (Å²) in [7, 11) is 0. The van der Waals surface area contributed by atoms with Gasteiger partial charge in [-0.25, -0.2) is 0 Å². The highest BCUT2D eigenvalue weighted by Gasteiger charge is 2.21. The molecule has 0 saturated carbocycles. The number of amides is 1. The SMILES string of the molecule is O=C(CCCCNC(=O)C(c1ccccc1)c1ccccc1)OCc1ccccc1. The van der Waals surface area contributed by atoms with Crippen molar-refractivity contribution in [1.29, 1.82) is 0 Å². The minimum atomic E-state index is -0.344. The molecule has 3 aromatic rings. The van der Waals surface area contributed by atoms with E-state index in [1.54, 1.807) is 0 Å². The summed E-state index contributed by atoms with van der Waals surface area (Å²) in [5.41, 5.74) is 2.90. The molecular weight excluding hydrogens is 374 g/mol. The summed E-state index contributed by atoms with van der Waals surface area (Å²) in [5.74, 6) is -0.584. The van der Waals surface area contributed by atoms with E-state index in [0.29, 0.717) is 26.0 Å². The van der Waals surface area contributed by atoms with Crippen LogP contribution in [0.3, 0.4) is 0 Å². The third-order valence-corrected chi connectivity index (χ3v) is 4.88. The summed E-state index contributed by atoms with van der Waals surface area (Å²) in [6.45, 7) is 0.827. The average Bonchev–Trinajstić information content (AvgIpc) is 2.80. The molecule has 0 aliphatic heterocycles. The summed E-state index contributed by atoms with van der Waals surface area (Å²) in [4.78, 5) is 24.8. The number of hydrogen-bond acceptors (Lipinski definition) is 3. The molecule has 4 nitrogen and oxygen atoms in total. The van der Waals surface area contributed by atoms with Gasteiger partial charge in [0.25, 0.3) is 0 Å². The molecule has 0 radical (unpaired) electrons. The number of carbonyl (C=O) groups is 2. The minimum absolute atomic E-state index is 0.0287. The molecule has 3 rings (SSSR count). The Bertz CT molecular complexity index is 871. The van der Waals surface area contributed by atoms with Crippen LogP contribution < -0.4 is 5.32 Å². The van der Waals surface area contributed by atoms with Crippen molar-refractivity contribution in [3.8, 4) is 0 Å². The quantitative estimate of drug-likeness (QED) is 0.390. The maximum absolute atomic E-state index is 12.9. The molecule has 0 unspecified atom stereocenters. The monoisotopic (exact) mass is 401 g/mol. The van der Waals surface area contributed by atoms with Crippen LogP contribution in [0.5, 0.6) is 0 Å². The molecule has 0 heterocycles. The third kappa shape index (κ3) is 6.59. The van der Waals surface area contributed by atoms with E-state index in [0.717, 1.165) is 23.1 Å². The van der Waals surface area contributed by atoms with Gasteiger partial charge in [-0.05, 0) is 29.5 Å². The number of esters is 1. The number of benzene rings is 3. The van der Waals surface area contributed by atoms with Crippen molar-refractivity contribution >= 4 is 11.9 Å². The molecule has 0 aliphatic carbocycles. The maximum atomic E-state index is 12.9. The summed E-state index contributed by atoms with van der Waals surface area (Å²) in [6, 6.07) is 29.2. The van der Waals surface area contributed by atoms with Gasteiger partial charge >= 0.3 is 5.97 Å². The van der Waals surface area contributed by atoms with Crippen LogP contribution in [0, 0.1) is 0 Å². The second-order valence-corrected chi connectivity index (χ2v) is 7.15. The molecule has 0 bridgehead atoms. The first-order chi connectivity index (χ1) is 14.7. The van der Waals surface area contributed by atoms with E-state index in [2.05, 4.69) is 5.32 Å². The number of unbranched alkanes of at least 4 members (excludes halogenated alkanes) is 1. The lowest BCUT2D eigenvalue weighted by Gasteiger charge is -2.18. The van der Waals surface area contributed by atoms with Gasteiger partial charge in [0.05, 0.1) is 5.92 Å². The Labute approximate surface area is 177 Å². The van der Waals surface area contributed by atoms with Gasteiger partial charge < -0.3 is 10.1 Å². The molecule has 30 heavy (non-hydrogen) atoms. The van der Waals surface area contributed by atoms with Crippen molar-refractivity contribution in [1.82, 2.24) is 5.32 Å². The highest BCUT2D eigenvalue weighted by atomic mass is 16.5. The molecule has 0 aromatic heterocycles. The van der Waals surface area contributed by atoms with E-state index < -0.39 is 0 Å². The van der Waals surface area contributed by atoms with Crippen LogP contribution >= 0.6 is 0 Å². The first kappa shape index (κ1) is 21.3. The predicted octanol–water partition coefficient (Wildman–Crippen LogP) is 4.85. The Morgan fingerprint density at radius 3 is 1.83 bits per heavy atom. The van der Waals surface area contributed by atoms with Crippen molar-refractivity contribution in [3.63, 3.8) is 0 Å². The number of rotatable bonds is 10. The predicted molar refractivity (Wildman–Crippen MR) is 118 cm³/mol. The van der Waals surface area contributed by atoms with Crippen molar-refractivity contribution in [2.24, 2.45) is 0 Å². The lowest BCUT2D eigenvalue weighted by atomic mass is 9.90. The fourth-order valence-corrected chi connectivity index (χ4v) is 3.30. The zero-order valence-electron chi connectivity index (χ0n) is 17.0. The fraction of sp³-hybridized carbons (Fsp3) is 0.231. The number of hydrogen-bond donors (Lipinski definition) is 1. The highest BCUT2D eigenvalue weighted by Crippen LogP contribution is 2.24. The summed E-state index contributed by atoms with van der Waals surface area (Å²) in [5, 5.41) is 3.02. The van der Waals surface area contributed by atoms with Crippen LogP contribution in [-0.2, 0) is 20.9 Å². The molecule has 1 N–H and O–H groups in total. The molecule has 0 saturated heterocycles. The van der Waals surface area contributed by atoms with E-state index in [1.807, 2.05) is 91.0 Å². The zero-order valence-corrected chi connectivity index (χ0v) is 17.0. The van der Waals surface area contributed by atoms with Crippen molar-refractivity contribution < 1.29 is 14.3 Å². The molecule has 0 fully saturated rings. The minimum Gasteiger partial charge on any atom is -0.461 e. The molecule has 4 heteroatoms. The van der Waals surface area contributed by atoms with Crippen LogP contribution in [0.4, 0.5) is 0 Å². The first-order valence-electron chi connectivity index (χ1n) is 10.3. The topological polar surface area (TPSA) is 55.4 Å². The molecular formula is C26H27NO3. The zero-order chi connectivity index (χ0) is 21.0. The molecule has 3 aromatic carbocycles. The second kappa shape index (κ2) is 11.6. The van der Waals surface area contributed by atoms with Gasteiger partial charge in [0.1, 0.15) is 6.61 Å². The van der Waals surface area contributed by atoms with E-state index >= 15 is 0 Å². The molecule has 0 spiro atoms. The summed E-state index contributed by atoms with van der Waals surface area (Å²) < 4.78 is 5.28. The number of carbonyl (C=O) groups excluding carboxylic acids is 2. The van der Waals surface area contributed by atoms with Gasteiger partial charge in [-0.1, -0.05) is 91.0 Å². The maximum Gasteiger partial charge on any atom is 0.306 e. The van der Waals surface area contributed by atoms with Crippen molar-refractivity contribution in [3.05, 3.63) is 108 Å². The van der Waals surface area contributed by atoms with E-state index in [-0.39, 0.29) is 17.8 Å². The Morgan fingerprint density at radius 2 is 1.27 bits per heavy atom. The Kier molecular flexibility index (Phi) is 8.22. The van der Waals surface area contributed by atoms with E-state index in [9.17, 15) is 9.59 Å². The van der Waals surface area contributed by atoms with Crippen molar-refractivity contribution in [2.75, 3.05) is 6.54 Å². The Hall–Kier alpha value is -3.40. The van der Waals surface area contributed by atoms with Gasteiger partial charge in [0, 0.05) is 13.0 Å².